The van der Waals surface area contributed by atoms with Crippen LogP contribution in [0.3, 0.4) is 0 Å². The first-order valence-electron chi connectivity index (χ1n) is 9.42. The fourth-order valence-electron chi connectivity index (χ4n) is 3.95. The van der Waals surface area contributed by atoms with Crippen LogP contribution in [0.4, 0.5) is 0 Å². The zero-order valence-corrected chi connectivity index (χ0v) is 17.9. The number of halogens is 1. The van der Waals surface area contributed by atoms with Gasteiger partial charge in [-0.05, 0) is 48.0 Å². The molecule has 1 N–H and O–H groups in total. The molecule has 2 aromatic heterocycles. The minimum Gasteiger partial charge on any atom is -0.323 e. The van der Waals surface area contributed by atoms with Gasteiger partial charge in [0.25, 0.3) is 5.56 Å². The van der Waals surface area contributed by atoms with Crippen LogP contribution in [0.1, 0.15) is 16.0 Å². The number of hydrogen-bond donors (Lipinski definition) is 1. The summed E-state index contributed by atoms with van der Waals surface area (Å²) in [4.78, 5) is 21.2. The van der Waals surface area contributed by atoms with E-state index in [4.69, 9.17) is 23.8 Å². The first-order chi connectivity index (χ1) is 14.1. The summed E-state index contributed by atoms with van der Waals surface area (Å²) in [6.45, 7) is 2.69. The molecule has 0 spiro atoms. The fraction of sp³-hybridized carbons (Fsp3) is 0.182. The van der Waals surface area contributed by atoms with Crippen LogP contribution in [-0.2, 0) is 19.5 Å². The van der Waals surface area contributed by atoms with Crippen LogP contribution in [0.2, 0.25) is 5.02 Å². The number of thiophene rings is 1. The van der Waals surface area contributed by atoms with Crippen molar-refractivity contribution in [3.63, 3.8) is 0 Å². The normalized spacial score (nSPS) is 14.2. The van der Waals surface area contributed by atoms with Gasteiger partial charge >= 0.3 is 0 Å². The summed E-state index contributed by atoms with van der Waals surface area (Å²) in [7, 11) is 0. The van der Waals surface area contributed by atoms with Crippen LogP contribution in [0.15, 0.2) is 59.4 Å². The fourth-order valence-corrected chi connectivity index (χ4v) is 5.77. The molecule has 0 atom stereocenters. The van der Waals surface area contributed by atoms with E-state index < -0.39 is 0 Å². The molecular weight excluding hydrogens is 422 g/mol. The number of benzene rings is 2. The Kier molecular flexibility index (Phi) is 4.87. The molecule has 0 saturated heterocycles. The van der Waals surface area contributed by atoms with E-state index >= 15 is 0 Å². The molecule has 0 fully saturated rings. The Bertz CT molecular complexity index is 1320. The molecule has 4 aromatic rings. The topological polar surface area (TPSA) is 41.0 Å². The monoisotopic (exact) mass is 439 g/mol. The maximum atomic E-state index is 13.4. The SMILES string of the molecule is O=c1c2c3c(sc2[nH]c(=S)n1-c1cccc(Cl)c1)CN(Cc1ccccc1)CC3. The third kappa shape index (κ3) is 3.46. The number of aromatic amines is 1. The summed E-state index contributed by atoms with van der Waals surface area (Å²) in [6.07, 6.45) is 0.859. The smallest absolute Gasteiger partial charge is 0.267 e. The minimum atomic E-state index is -0.0694. The highest BCUT2D eigenvalue weighted by Gasteiger charge is 2.24. The lowest BCUT2D eigenvalue weighted by atomic mass is 10.0. The maximum Gasteiger partial charge on any atom is 0.267 e. The summed E-state index contributed by atoms with van der Waals surface area (Å²) in [5.41, 5.74) is 3.08. The maximum absolute atomic E-state index is 13.4. The first kappa shape index (κ1) is 18.8. The lowest BCUT2D eigenvalue weighted by Gasteiger charge is -2.26. The van der Waals surface area contributed by atoms with Crippen LogP contribution in [0, 0.1) is 4.77 Å². The van der Waals surface area contributed by atoms with E-state index in [0.717, 1.165) is 41.8 Å². The summed E-state index contributed by atoms with van der Waals surface area (Å²) in [6, 6.07) is 17.7. The van der Waals surface area contributed by atoms with Gasteiger partial charge in [-0.25, -0.2) is 0 Å². The Labute approximate surface area is 182 Å². The number of nitrogens with zero attached hydrogens (tertiary/aromatic N) is 2. The van der Waals surface area contributed by atoms with E-state index in [-0.39, 0.29) is 5.56 Å². The second kappa shape index (κ2) is 7.54. The molecule has 4 nitrogen and oxygen atoms in total. The van der Waals surface area contributed by atoms with Crippen molar-refractivity contribution < 1.29 is 0 Å². The Morgan fingerprint density at radius 1 is 1.14 bits per heavy atom. The number of nitrogens with one attached hydrogen (secondary N) is 1. The van der Waals surface area contributed by atoms with E-state index in [2.05, 4.69) is 34.1 Å². The lowest BCUT2D eigenvalue weighted by molar-refractivity contribution is 0.249. The number of fused-ring (bicyclic) bond motifs is 3. The predicted octanol–water partition coefficient (Wildman–Crippen LogP) is 5.32. The summed E-state index contributed by atoms with van der Waals surface area (Å²) in [5.74, 6) is 0. The van der Waals surface area contributed by atoms with E-state index in [1.165, 1.54) is 10.4 Å². The highest BCUT2D eigenvalue weighted by atomic mass is 35.5. The molecule has 2 aromatic carbocycles. The van der Waals surface area contributed by atoms with E-state index in [0.29, 0.717) is 15.5 Å². The highest BCUT2D eigenvalue weighted by molar-refractivity contribution is 7.71. The van der Waals surface area contributed by atoms with Gasteiger partial charge in [-0.1, -0.05) is 48.0 Å². The zero-order chi connectivity index (χ0) is 20.0. The molecule has 3 heterocycles. The molecule has 1 aliphatic rings. The third-order valence-electron chi connectivity index (χ3n) is 5.29. The number of hydrogen-bond acceptors (Lipinski definition) is 4. The molecule has 146 valence electrons. The van der Waals surface area contributed by atoms with Gasteiger partial charge in [0.05, 0.1) is 11.1 Å². The van der Waals surface area contributed by atoms with Crippen molar-refractivity contribution in [3.8, 4) is 5.69 Å². The standard InChI is InChI=1S/C22H18ClN3OS2/c23-15-7-4-8-16(11-15)26-21(27)19-17-9-10-25(12-14-5-2-1-3-6-14)13-18(17)29-20(19)24-22(26)28/h1-8,11H,9-10,12-13H2,(H,24,28). The van der Waals surface area contributed by atoms with Crippen LogP contribution < -0.4 is 5.56 Å². The Morgan fingerprint density at radius 2 is 1.97 bits per heavy atom. The molecule has 7 heteroatoms. The van der Waals surface area contributed by atoms with E-state index in [1.54, 1.807) is 28.0 Å². The number of rotatable bonds is 3. The molecular formula is C22H18ClN3OS2. The Morgan fingerprint density at radius 3 is 2.76 bits per heavy atom. The van der Waals surface area contributed by atoms with Gasteiger partial charge in [-0.3, -0.25) is 14.3 Å². The molecule has 29 heavy (non-hydrogen) atoms. The Balaban J connectivity index is 1.57. The van der Waals surface area contributed by atoms with Crippen LogP contribution in [0.25, 0.3) is 15.9 Å². The van der Waals surface area contributed by atoms with Gasteiger partial charge in [-0.15, -0.1) is 11.3 Å². The van der Waals surface area contributed by atoms with Crippen LogP contribution >= 0.6 is 35.2 Å². The van der Waals surface area contributed by atoms with Gasteiger partial charge in [0.1, 0.15) is 4.83 Å². The van der Waals surface area contributed by atoms with Crippen LogP contribution in [0.5, 0.6) is 0 Å². The van der Waals surface area contributed by atoms with Crippen LogP contribution in [-0.4, -0.2) is 21.0 Å². The average molecular weight is 440 g/mol. The predicted molar refractivity (Wildman–Crippen MR) is 122 cm³/mol. The van der Waals surface area contributed by atoms with Crippen molar-refractivity contribution in [2.45, 2.75) is 19.5 Å². The molecule has 5 rings (SSSR count). The molecule has 0 unspecified atom stereocenters. The number of aromatic nitrogens is 2. The van der Waals surface area contributed by atoms with Crippen molar-refractivity contribution in [2.24, 2.45) is 0 Å². The van der Waals surface area contributed by atoms with Crippen molar-refractivity contribution in [1.82, 2.24) is 14.5 Å². The van der Waals surface area contributed by atoms with Crippen molar-refractivity contribution in [1.29, 1.82) is 0 Å². The molecule has 1 aliphatic heterocycles. The van der Waals surface area contributed by atoms with Crippen molar-refractivity contribution in [3.05, 3.63) is 90.7 Å². The number of H-pyrrole nitrogens is 1. The second-order valence-electron chi connectivity index (χ2n) is 7.20. The summed E-state index contributed by atoms with van der Waals surface area (Å²) < 4.78 is 1.94. The zero-order valence-electron chi connectivity index (χ0n) is 15.5. The van der Waals surface area contributed by atoms with E-state index in [9.17, 15) is 4.79 Å². The average Bonchev–Trinajstić information content (AvgIpc) is 3.06. The van der Waals surface area contributed by atoms with Gasteiger partial charge in [0.15, 0.2) is 4.77 Å². The molecule has 0 radical (unpaired) electrons. The van der Waals surface area contributed by atoms with Gasteiger partial charge in [0.2, 0.25) is 0 Å². The van der Waals surface area contributed by atoms with Crippen molar-refractivity contribution >= 4 is 45.4 Å². The van der Waals surface area contributed by atoms with Gasteiger partial charge in [0, 0.05) is 29.5 Å². The molecule has 0 aliphatic carbocycles. The summed E-state index contributed by atoms with van der Waals surface area (Å²) >= 11 is 13.3. The lowest BCUT2D eigenvalue weighted by Crippen LogP contribution is -2.30. The minimum absolute atomic E-state index is 0.0694. The molecule has 0 bridgehead atoms. The quantitative estimate of drug-likeness (QED) is 0.439. The van der Waals surface area contributed by atoms with Gasteiger partial charge in [-0.2, -0.15) is 0 Å². The third-order valence-corrected chi connectivity index (χ3v) is 6.94. The van der Waals surface area contributed by atoms with Crippen molar-refractivity contribution in [2.75, 3.05) is 6.54 Å². The highest BCUT2D eigenvalue weighted by Crippen LogP contribution is 2.33. The second-order valence-corrected chi connectivity index (χ2v) is 9.13. The first-order valence-corrected chi connectivity index (χ1v) is 11.0. The molecule has 0 saturated carbocycles. The molecule has 0 amide bonds. The van der Waals surface area contributed by atoms with E-state index in [1.807, 2.05) is 18.2 Å². The largest absolute Gasteiger partial charge is 0.323 e. The van der Waals surface area contributed by atoms with Gasteiger partial charge < -0.3 is 4.98 Å². The summed E-state index contributed by atoms with van der Waals surface area (Å²) in [5, 5.41) is 1.34. The Hall–Kier alpha value is -2.25.